The number of rotatable bonds is 5. The zero-order valence-corrected chi connectivity index (χ0v) is 17.9. The van der Waals surface area contributed by atoms with E-state index in [1.165, 1.54) is 7.11 Å². The second-order valence-corrected chi connectivity index (χ2v) is 8.31. The summed E-state index contributed by atoms with van der Waals surface area (Å²) in [6, 6.07) is 11.7. The standard InChI is InChI=1S/C22H23BrN4O2/c1-29-20(28)10-8-16-13-27(22(24)14-5-6-14)19-9-7-15(23)12-17(19)21(26-16)18-4-2-3-11-25-18/h2-4,7,9,11-12,14,16,24H,5-6,8,10,13H2,1H3/t16-/m0/s1. The number of hydrogen-bond acceptors (Lipinski definition) is 5. The first-order valence-corrected chi connectivity index (χ1v) is 10.6. The van der Waals surface area contributed by atoms with Crippen molar-refractivity contribution >= 4 is 39.1 Å². The maximum Gasteiger partial charge on any atom is 0.305 e. The van der Waals surface area contributed by atoms with Gasteiger partial charge < -0.3 is 9.64 Å². The maximum absolute atomic E-state index is 11.7. The number of hydrogen-bond donors (Lipinski definition) is 1. The molecule has 0 spiro atoms. The second-order valence-electron chi connectivity index (χ2n) is 7.39. The van der Waals surface area contributed by atoms with Gasteiger partial charge in [-0.25, -0.2) is 0 Å². The molecule has 0 saturated heterocycles. The van der Waals surface area contributed by atoms with Crippen LogP contribution >= 0.6 is 15.9 Å². The van der Waals surface area contributed by atoms with Crippen molar-refractivity contribution in [2.24, 2.45) is 10.9 Å². The lowest BCUT2D eigenvalue weighted by atomic mass is 10.0. The van der Waals surface area contributed by atoms with Crippen molar-refractivity contribution in [3.05, 3.63) is 58.3 Å². The van der Waals surface area contributed by atoms with E-state index in [2.05, 4.69) is 25.8 Å². The van der Waals surface area contributed by atoms with Crippen LogP contribution in [0.1, 0.15) is 36.9 Å². The van der Waals surface area contributed by atoms with E-state index < -0.39 is 0 Å². The van der Waals surface area contributed by atoms with E-state index in [9.17, 15) is 4.79 Å². The Labute approximate surface area is 178 Å². The minimum Gasteiger partial charge on any atom is -0.469 e. The molecule has 0 bridgehead atoms. The number of aliphatic imine (C=N–C) groups is 1. The van der Waals surface area contributed by atoms with Crippen molar-refractivity contribution in [3.63, 3.8) is 0 Å². The number of pyridine rings is 1. The number of methoxy groups -OCH3 is 1. The Hall–Kier alpha value is -2.54. The van der Waals surface area contributed by atoms with Crippen LogP contribution in [-0.4, -0.2) is 42.2 Å². The Morgan fingerprint density at radius 1 is 1.31 bits per heavy atom. The molecule has 1 fully saturated rings. The molecule has 2 aromatic rings. The molecule has 1 atom stereocenters. The first-order chi connectivity index (χ1) is 14.1. The summed E-state index contributed by atoms with van der Waals surface area (Å²) in [5, 5.41) is 8.75. The molecule has 150 valence electrons. The lowest BCUT2D eigenvalue weighted by Gasteiger charge is -2.27. The average Bonchev–Trinajstić information content (AvgIpc) is 3.59. The number of nitrogens with zero attached hydrogens (tertiary/aromatic N) is 3. The molecule has 7 heteroatoms. The van der Waals surface area contributed by atoms with E-state index in [0.29, 0.717) is 31.1 Å². The van der Waals surface area contributed by atoms with Gasteiger partial charge in [0.1, 0.15) is 5.84 Å². The van der Waals surface area contributed by atoms with Crippen LogP contribution in [0.25, 0.3) is 0 Å². The predicted octanol–water partition coefficient (Wildman–Crippen LogP) is 4.21. The van der Waals surface area contributed by atoms with Crippen LogP contribution in [0.2, 0.25) is 0 Å². The fourth-order valence-electron chi connectivity index (χ4n) is 3.59. The van der Waals surface area contributed by atoms with Crippen molar-refractivity contribution < 1.29 is 9.53 Å². The molecule has 0 unspecified atom stereocenters. The van der Waals surface area contributed by atoms with Gasteiger partial charge in [-0.3, -0.25) is 20.2 Å². The van der Waals surface area contributed by atoms with Crippen molar-refractivity contribution in [3.8, 4) is 0 Å². The van der Waals surface area contributed by atoms with Crippen LogP contribution in [0.15, 0.2) is 52.1 Å². The van der Waals surface area contributed by atoms with E-state index in [1.54, 1.807) is 6.20 Å². The highest BCUT2D eigenvalue weighted by atomic mass is 79.9. The minimum atomic E-state index is -0.243. The SMILES string of the molecule is COC(=O)CC[C@H]1CN(C(=N)C2CC2)c2ccc(Br)cc2C(c2ccccn2)=N1. The molecule has 2 heterocycles. The third-order valence-electron chi connectivity index (χ3n) is 5.28. The van der Waals surface area contributed by atoms with Crippen molar-refractivity contribution in [1.29, 1.82) is 5.41 Å². The van der Waals surface area contributed by atoms with Crippen molar-refractivity contribution in [1.82, 2.24) is 4.98 Å². The van der Waals surface area contributed by atoms with E-state index in [1.807, 2.05) is 36.4 Å². The summed E-state index contributed by atoms with van der Waals surface area (Å²) in [4.78, 5) is 23.4. The Kier molecular flexibility index (Phi) is 5.76. The number of carbonyl (C=O) groups excluding carboxylic acids is 1. The number of nitrogens with one attached hydrogen (secondary N) is 1. The molecular formula is C22H23BrN4O2. The normalized spacial score (nSPS) is 18.5. The maximum atomic E-state index is 11.7. The number of carbonyl (C=O) groups is 1. The lowest BCUT2D eigenvalue weighted by Crippen LogP contribution is -2.37. The third kappa shape index (κ3) is 4.40. The Morgan fingerprint density at radius 2 is 2.14 bits per heavy atom. The molecular weight excluding hydrogens is 432 g/mol. The highest BCUT2D eigenvalue weighted by molar-refractivity contribution is 9.10. The van der Waals surface area contributed by atoms with Crippen LogP contribution in [0.4, 0.5) is 5.69 Å². The summed E-state index contributed by atoms with van der Waals surface area (Å²) >= 11 is 3.58. The molecule has 1 aromatic carbocycles. The zero-order valence-electron chi connectivity index (χ0n) is 16.3. The Balaban J connectivity index is 1.80. The highest BCUT2D eigenvalue weighted by Crippen LogP contribution is 2.37. The van der Waals surface area contributed by atoms with Crippen LogP contribution in [-0.2, 0) is 9.53 Å². The second kappa shape index (κ2) is 8.45. The van der Waals surface area contributed by atoms with Gasteiger partial charge in [0, 0.05) is 35.1 Å². The third-order valence-corrected chi connectivity index (χ3v) is 5.77. The molecule has 2 aliphatic rings. The fourth-order valence-corrected chi connectivity index (χ4v) is 3.95. The largest absolute Gasteiger partial charge is 0.469 e. The fraction of sp³-hybridized carbons (Fsp3) is 0.364. The van der Waals surface area contributed by atoms with Gasteiger partial charge in [0.05, 0.1) is 30.2 Å². The molecule has 6 nitrogen and oxygen atoms in total. The summed E-state index contributed by atoms with van der Waals surface area (Å²) < 4.78 is 5.77. The van der Waals surface area contributed by atoms with Crippen LogP contribution in [0.3, 0.4) is 0 Å². The minimum absolute atomic E-state index is 0.142. The van der Waals surface area contributed by atoms with Gasteiger partial charge in [-0.05, 0) is 49.6 Å². The quantitative estimate of drug-likeness (QED) is 0.416. The first-order valence-electron chi connectivity index (χ1n) is 9.78. The number of halogens is 1. The van der Waals surface area contributed by atoms with Crippen LogP contribution in [0, 0.1) is 11.3 Å². The number of benzene rings is 1. The first kappa shape index (κ1) is 19.8. The smallest absolute Gasteiger partial charge is 0.305 e. The lowest BCUT2D eigenvalue weighted by molar-refractivity contribution is -0.140. The van der Waals surface area contributed by atoms with Crippen LogP contribution in [0.5, 0.6) is 0 Å². The van der Waals surface area contributed by atoms with Gasteiger partial charge in [0.2, 0.25) is 0 Å². The van der Waals surface area contributed by atoms with Gasteiger partial charge >= 0.3 is 5.97 Å². The molecule has 29 heavy (non-hydrogen) atoms. The van der Waals surface area contributed by atoms with E-state index >= 15 is 0 Å². The molecule has 0 radical (unpaired) electrons. The van der Waals surface area contributed by atoms with E-state index in [0.717, 1.165) is 40.0 Å². The van der Waals surface area contributed by atoms with E-state index in [4.69, 9.17) is 15.1 Å². The molecule has 1 aliphatic heterocycles. The monoisotopic (exact) mass is 454 g/mol. The van der Waals surface area contributed by atoms with Gasteiger partial charge in [-0.15, -0.1) is 0 Å². The highest BCUT2D eigenvalue weighted by Gasteiger charge is 2.35. The van der Waals surface area contributed by atoms with Gasteiger partial charge in [0.25, 0.3) is 0 Å². The molecule has 1 saturated carbocycles. The zero-order chi connectivity index (χ0) is 20.4. The van der Waals surface area contributed by atoms with Gasteiger partial charge in [-0.1, -0.05) is 22.0 Å². The number of benzodiazepines with no additional fused rings is 1. The number of fused-ring (bicyclic) bond motifs is 1. The van der Waals surface area contributed by atoms with Gasteiger partial charge in [-0.2, -0.15) is 0 Å². The summed E-state index contributed by atoms with van der Waals surface area (Å²) in [7, 11) is 1.40. The Bertz CT molecular complexity index is 957. The summed E-state index contributed by atoms with van der Waals surface area (Å²) in [5.41, 5.74) is 3.50. The topological polar surface area (TPSA) is 78.6 Å². The molecule has 1 aromatic heterocycles. The number of amidine groups is 1. The van der Waals surface area contributed by atoms with E-state index in [-0.39, 0.29) is 12.0 Å². The molecule has 0 amide bonds. The molecule has 1 aliphatic carbocycles. The number of anilines is 1. The molecule has 1 N–H and O–H groups in total. The number of esters is 1. The van der Waals surface area contributed by atoms with Gasteiger partial charge in [0.15, 0.2) is 0 Å². The average molecular weight is 455 g/mol. The summed E-state index contributed by atoms with van der Waals surface area (Å²) in [5.74, 6) is 0.700. The molecule has 4 rings (SSSR count). The Morgan fingerprint density at radius 3 is 2.83 bits per heavy atom. The summed E-state index contributed by atoms with van der Waals surface area (Å²) in [6.07, 6.45) is 4.73. The van der Waals surface area contributed by atoms with Crippen LogP contribution < -0.4 is 4.90 Å². The van der Waals surface area contributed by atoms with Crippen molar-refractivity contribution in [2.45, 2.75) is 31.7 Å². The number of ether oxygens (including phenoxy) is 1. The number of aromatic nitrogens is 1. The predicted molar refractivity (Wildman–Crippen MR) is 117 cm³/mol. The summed E-state index contributed by atoms with van der Waals surface area (Å²) in [6.45, 7) is 0.567. The van der Waals surface area contributed by atoms with Crippen molar-refractivity contribution in [2.75, 3.05) is 18.6 Å².